The van der Waals surface area contributed by atoms with Gasteiger partial charge in [0.05, 0.1) is 31.1 Å². The Morgan fingerprint density at radius 2 is 1.80 bits per heavy atom. The van der Waals surface area contributed by atoms with Crippen LogP contribution in [0.1, 0.15) is 25.3 Å². The topological polar surface area (TPSA) is 200 Å². The van der Waals surface area contributed by atoms with Gasteiger partial charge in [-0.3, -0.25) is 15.3 Å². The zero-order valence-corrected chi connectivity index (χ0v) is 30.0. The number of sulfonamides is 1. The number of hydrogen-bond acceptors (Lipinski definition) is 13. The predicted octanol–water partition coefficient (Wildman–Crippen LogP) is -2.56. The van der Waals surface area contributed by atoms with Crippen LogP contribution in [0.25, 0.3) is 27.6 Å². The number of aliphatic hydroxyl groups excluding tert-OH is 1. The molecule has 0 fully saturated rings. The molecule has 18 heteroatoms. The van der Waals surface area contributed by atoms with E-state index in [1.165, 1.54) is 25.6 Å². The van der Waals surface area contributed by atoms with Gasteiger partial charge in [-0.2, -0.15) is 5.21 Å². The summed E-state index contributed by atoms with van der Waals surface area (Å²) in [6, 6.07) is 12.9. The summed E-state index contributed by atoms with van der Waals surface area (Å²) in [6.45, 7) is 3.38. The summed E-state index contributed by atoms with van der Waals surface area (Å²) in [5, 5.41) is 23.8. The molecule has 0 aliphatic heterocycles. The number of benzene rings is 1. The first-order chi connectivity index (χ1) is 20.8. The van der Waals surface area contributed by atoms with E-state index in [-0.39, 0.29) is 118 Å². The molecule has 0 unspecified atom stereocenters. The standard InChI is InChI=1S/C27H25N9O6S.2Na/c1-16(2)18-8-9-22(29-15-18)43(38,39)34-26-23(42-21-7-5-4-6-20(21)40-3)27(41-13-12-37)31-24(30-26)17-10-11-28-19(14-17)25-32-35-36-33-25;;/h4-11,14-16,37H,12-13H2,1-3H3;;/q-2;2*+1. The minimum atomic E-state index is -4.41. The van der Waals surface area contributed by atoms with Crippen LogP contribution in [-0.2, 0) is 10.0 Å². The quantitative estimate of drug-likeness (QED) is 0.138. The van der Waals surface area contributed by atoms with Gasteiger partial charge in [0.25, 0.3) is 5.88 Å². The SMILES string of the molecule is COc1ccccc1Oc1c([N-]S(=O)(=O)c2ccc(C(C)C)cn2)nc(-c2ccnc(-c3nnn[n-]3)c2)nc1OCCO.[Na+].[Na+]. The molecule has 45 heavy (non-hydrogen) atoms. The van der Waals surface area contributed by atoms with Crippen LogP contribution < -0.4 is 78.4 Å². The molecule has 0 radical (unpaired) electrons. The van der Waals surface area contributed by atoms with Crippen molar-refractivity contribution in [3.63, 3.8) is 0 Å². The van der Waals surface area contributed by atoms with Gasteiger partial charge in [-0.1, -0.05) is 32.0 Å². The van der Waals surface area contributed by atoms with Crippen molar-refractivity contribution >= 4 is 15.8 Å². The molecule has 5 rings (SSSR count). The molecule has 222 valence electrons. The third-order valence-corrected chi connectivity index (χ3v) is 7.07. The van der Waals surface area contributed by atoms with Crippen molar-refractivity contribution in [3.8, 4) is 46.0 Å². The maximum absolute atomic E-state index is 13.5. The summed E-state index contributed by atoms with van der Waals surface area (Å²) in [7, 11) is -2.95. The Kier molecular flexibility index (Phi) is 13.2. The Hall–Kier alpha value is -3.22. The zero-order valence-electron chi connectivity index (χ0n) is 25.2. The van der Waals surface area contributed by atoms with Gasteiger partial charge >= 0.3 is 59.1 Å². The van der Waals surface area contributed by atoms with Crippen LogP contribution in [0, 0.1) is 0 Å². The first kappa shape index (κ1) is 36.3. The van der Waals surface area contributed by atoms with Crippen LogP contribution in [-0.4, -0.2) is 69.3 Å². The van der Waals surface area contributed by atoms with Gasteiger partial charge < -0.3 is 34.1 Å². The summed E-state index contributed by atoms with van der Waals surface area (Å²) >= 11 is 0. The number of nitrogens with zero attached hydrogens (tertiary/aromatic N) is 9. The van der Waals surface area contributed by atoms with Gasteiger partial charge in [-0.15, -0.1) is 0 Å². The van der Waals surface area contributed by atoms with Gasteiger partial charge in [0.1, 0.15) is 6.61 Å². The Morgan fingerprint density at radius 1 is 1.02 bits per heavy atom. The zero-order chi connectivity index (χ0) is 30.4. The Balaban J connectivity index is 0.00000276. The molecule has 15 nitrogen and oxygen atoms in total. The van der Waals surface area contributed by atoms with E-state index in [4.69, 9.17) is 14.2 Å². The average molecular weight is 650 g/mol. The minimum absolute atomic E-state index is 0. The van der Waals surface area contributed by atoms with Crippen LogP contribution in [0.4, 0.5) is 5.82 Å². The van der Waals surface area contributed by atoms with E-state index in [1.54, 1.807) is 42.5 Å². The average Bonchev–Trinajstić information content (AvgIpc) is 3.57. The number of ether oxygens (including phenoxy) is 3. The van der Waals surface area contributed by atoms with Crippen LogP contribution in [0.3, 0.4) is 0 Å². The van der Waals surface area contributed by atoms with Gasteiger partial charge in [0.2, 0.25) is 10.0 Å². The van der Waals surface area contributed by atoms with Crippen molar-refractivity contribution < 1.29 is 86.8 Å². The summed E-state index contributed by atoms with van der Waals surface area (Å²) in [5.74, 6) is 0.0716. The number of aromatic nitrogens is 8. The van der Waals surface area contributed by atoms with Crippen molar-refractivity contribution in [2.75, 3.05) is 20.3 Å². The van der Waals surface area contributed by atoms with Gasteiger partial charge in [0, 0.05) is 23.8 Å². The van der Waals surface area contributed by atoms with E-state index in [0.29, 0.717) is 17.0 Å². The van der Waals surface area contributed by atoms with Crippen molar-refractivity contribution in [1.82, 2.24) is 40.6 Å². The van der Waals surface area contributed by atoms with Crippen molar-refractivity contribution in [3.05, 3.63) is 71.2 Å². The number of para-hydroxylation sites is 2. The van der Waals surface area contributed by atoms with Crippen LogP contribution in [0.2, 0.25) is 0 Å². The molecule has 0 amide bonds. The van der Waals surface area contributed by atoms with Crippen molar-refractivity contribution in [2.24, 2.45) is 0 Å². The summed E-state index contributed by atoms with van der Waals surface area (Å²) in [6.07, 6.45) is 2.94. The first-order valence-corrected chi connectivity index (χ1v) is 14.3. The molecule has 0 atom stereocenters. The second-order valence-electron chi connectivity index (χ2n) is 9.11. The third kappa shape index (κ3) is 8.74. The Bertz CT molecular complexity index is 1810. The van der Waals surface area contributed by atoms with Crippen LogP contribution >= 0.6 is 0 Å². The maximum Gasteiger partial charge on any atom is 1.00 e. The monoisotopic (exact) mass is 649 g/mol. The molecule has 4 aromatic heterocycles. The fourth-order valence-electron chi connectivity index (χ4n) is 3.74. The first-order valence-electron chi connectivity index (χ1n) is 12.8. The molecule has 0 aliphatic carbocycles. The number of aliphatic hydroxyl groups is 1. The van der Waals surface area contributed by atoms with Crippen molar-refractivity contribution in [2.45, 2.75) is 24.8 Å². The summed E-state index contributed by atoms with van der Waals surface area (Å²) < 4.78 is 48.2. The molecule has 0 bridgehead atoms. The third-order valence-electron chi connectivity index (χ3n) is 5.89. The van der Waals surface area contributed by atoms with Crippen LogP contribution in [0.5, 0.6) is 23.1 Å². The van der Waals surface area contributed by atoms with E-state index >= 15 is 0 Å². The normalized spacial score (nSPS) is 10.9. The van der Waals surface area contributed by atoms with Crippen LogP contribution in [0.15, 0.2) is 66.0 Å². The Morgan fingerprint density at radius 3 is 2.44 bits per heavy atom. The molecule has 1 aromatic carbocycles. The molecular weight excluding hydrogens is 624 g/mol. The summed E-state index contributed by atoms with van der Waals surface area (Å²) in [5.41, 5.74) is 1.57. The molecule has 1 N–H and O–H groups in total. The minimum Gasteiger partial charge on any atom is -0.493 e. The number of pyridine rings is 2. The van der Waals surface area contributed by atoms with Gasteiger partial charge in [-0.05, 0) is 41.8 Å². The number of hydrogen-bond donors (Lipinski definition) is 1. The fraction of sp³-hybridized carbons (Fsp3) is 0.222. The molecule has 0 spiro atoms. The molecule has 4 heterocycles. The van der Waals surface area contributed by atoms with E-state index in [9.17, 15) is 13.5 Å². The smallest absolute Gasteiger partial charge is 0.493 e. The van der Waals surface area contributed by atoms with E-state index in [0.717, 1.165) is 5.56 Å². The van der Waals surface area contributed by atoms with E-state index in [1.807, 2.05) is 13.8 Å². The van der Waals surface area contributed by atoms with E-state index in [2.05, 4.69) is 45.3 Å². The second kappa shape index (κ2) is 16.4. The predicted molar refractivity (Wildman–Crippen MR) is 152 cm³/mol. The molecule has 0 saturated heterocycles. The number of methoxy groups -OCH3 is 1. The summed E-state index contributed by atoms with van der Waals surface area (Å²) in [4.78, 5) is 17.3. The van der Waals surface area contributed by atoms with Gasteiger partial charge in [-0.25, -0.2) is 18.4 Å². The Labute approximate surface area is 303 Å². The maximum atomic E-state index is 13.5. The number of rotatable bonds is 12. The number of tetrazole rings is 1. The molecular formula is C27H25N9Na2O6S. The molecule has 0 aliphatic rings. The molecule has 0 saturated carbocycles. The fourth-order valence-corrected chi connectivity index (χ4v) is 4.61. The van der Waals surface area contributed by atoms with E-state index < -0.39 is 10.0 Å². The van der Waals surface area contributed by atoms with Crippen molar-refractivity contribution in [1.29, 1.82) is 0 Å². The largest absolute Gasteiger partial charge is 1.00 e. The van der Waals surface area contributed by atoms with Gasteiger partial charge in [0.15, 0.2) is 22.3 Å². The molecule has 5 aromatic rings. The second-order valence-corrected chi connectivity index (χ2v) is 10.7.